The van der Waals surface area contributed by atoms with Gasteiger partial charge in [0.25, 0.3) is 0 Å². The number of esters is 2. The Kier molecular flexibility index (Phi) is 4.42. The van der Waals surface area contributed by atoms with Gasteiger partial charge >= 0.3 is 11.9 Å². The van der Waals surface area contributed by atoms with Gasteiger partial charge in [0.2, 0.25) is 11.8 Å². The Balaban J connectivity index is 1.70. The number of carbonyl (C=O) groups is 4. The second kappa shape index (κ2) is 6.19. The molecule has 0 saturated carbocycles. The summed E-state index contributed by atoms with van der Waals surface area (Å²) in [6, 6.07) is 0. The molecule has 0 aromatic heterocycles. The molecule has 3 rings (SSSR count). The Morgan fingerprint density at radius 1 is 1.31 bits per heavy atom. The van der Waals surface area contributed by atoms with Crippen molar-refractivity contribution in [3.8, 4) is 0 Å². The molecule has 2 amide bonds. The molecule has 0 N–H and O–H groups in total. The summed E-state index contributed by atoms with van der Waals surface area (Å²) >= 11 is 0. The fourth-order valence-corrected chi connectivity index (χ4v) is 3.64. The molecule has 0 radical (unpaired) electrons. The summed E-state index contributed by atoms with van der Waals surface area (Å²) in [7, 11) is 1.21. The van der Waals surface area contributed by atoms with Crippen LogP contribution in [-0.2, 0) is 33.4 Å². The Bertz CT molecular complexity index is 698. The van der Waals surface area contributed by atoms with Gasteiger partial charge in [0.05, 0.1) is 37.0 Å². The summed E-state index contributed by atoms with van der Waals surface area (Å²) in [5.41, 5.74) is -2.16. The molecule has 0 aliphatic carbocycles. The predicted molar refractivity (Wildman–Crippen MR) is 87.5 cm³/mol. The standard InChI is InChI=1S/C18H23NO7/c1-5-17(2,3)15(22)25-9-8-19-13(20)11-10-6-7-18(26-10,16(23)24-4)12(11)14(19)21/h6-7,10-12H,5,8-9H2,1-4H3. The zero-order valence-electron chi connectivity index (χ0n) is 15.3. The van der Waals surface area contributed by atoms with E-state index in [0.29, 0.717) is 6.42 Å². The van der Waals surface area contributed by atoms with Crippen molar-refractivity contribution in [2.45, 2.75) is 38.9 Å². The van der Waals surface area contributed by atoms with E-state index in [-0.39, 0.29) is 19.1 Å². The van der Waals surface area contributed by atoms with E-state index in [1.54, 1.807) is 19.9 Å². The average Bonchev–Trinajstić information content (AvgIpc) is 3.27. The molecule has 0 spiro atoms. The van der Waals surface area contributed by atoms with Gasteiger partial charge in [-0.05, 0) is 26.3 Å². The third-order valence-corrected chi connectivity index (χ3v) is 5.61. The van der Waals surface area contributed by atoms with Crippen LogP contribution in [0.15, 0.2) is 12.2 Å². The highest BCUT2D eigenvalue weighted by molar-refractivity contribution is 6.10. The van der Waals surface area contributed by atoms with Crippen LogP contribution in [0, 0.1) is 17.3 Å². The predicted octanol–water partition coefficient (Wildman–Crippen LogP) is 0.447. The molecular formula is C18H23NO7. The smallest absolute Gasteiger partial charge is 0.343 e. The third-order valence-electron chi connectivity index (χ3n) is 5.61. The summed E-state index contributed by atoms with van der Waals surface area (Å²) in [6.45, 7) is 5.30. The number of carbonyl (C=O) groups excluding carboxylic acids is 4. The third kappa shape index (κ3) is 2.46. The normalized spacial score (nSPS) is 32.2. The van der Waals surface area contributed by atoms with Crippen LogP contribution in [0.5, 0.6) is 0 Å². The van der Waals surface area contributed by atoms with Crippen LogP contribution in [-0.4, -0.2) is 60.6 Å². The number of hydrogen-bond donors (Lipinski definition) is 0. The van der Waals surface area contributed by atoms with E-state index in [0.717, 1.165) is 4.90 Å². The number of amides is 2. The van der Waals surface area contributed by atoms with E-state index in [9.17, 15) is 19.2 Å². The number of methoxy groups -OCH3 is 1. The van der Waals surface area contributed by atoms with Crippen LogP contribution in [0.2, 0.25) is 0 Å². The first-order valence-electron chi connectivity index (χ1n) is 8.67. The number of ether oxygens (including phenoxy) is 3. The molecular weight excluding hydrogens is 342 g/mol. The Hall–Kier alpha value is -2.22. The Labute approximate surface area is 151 Å². The number of nitrogens with zero attached hydrogens (tertiary/aromatic N) is 1. The van der Waals surface area contributed by atoms with Crippen molar-refractivity contribution in [2.75, 3.05) is 20.3 Å². The van der Waals surface area contributed by atoms with Gasteiger partial charge in [-0.3, -0.25) is 19.3 Å². The van der Waals surface area contributed by atoms with Crippen molar-refractivity contribution in [2.24, 2.45) is 17.3 Å². The molecule has 3 aliphatic rings. The summed E-state index contributed by atoms with van der Waals surface area (Å²) in [5.74, 6) is -3.65. The molecule has 4 atom stereocenters. The van der Waals surface area contributed by atoms with Crippen LogP contribution in [0.1, 0.15) is 27.2 Å². The molecule has 2 bridgehead atoms. The summed E-state index contributed by atoms with van der Waals surface area (Å²) in [6.07, 6.45) is 3.12. The van der Waals surface area contributed by atoms with Gasteiger partial charge in [-0.25, -0.2) is 4.79 Å². The molecule has 0 aromatic carbocycles. The second-order valence-corrected chi connectivity index (χ2v) is 7.43. The molecule has 8 heteroatoms. The molecule has 2 fully saturated rings. The molecule has 2 saturated heterocycles. The van der Waals surface area contributed by atoms with E-state index in [1.165, 1.54) is 13.2 Å². The van der Waals surface area contributed by atoms with E-state index in [1.807, 2.05) is 6.92 Å². The Morgan fingerprint density at radius 2 is 2.00 bits per heavy atom. The molecule has 0 aromatic rings. The lowest BCUT2D eigenvalue weighted by Crippen LogP contribution is -2.47. The average molecular weight is 365 g/mol. The molecule has 4 unspecified atom stereocenters. The van der Waals surface area contributed by atoms with Crippen molar-refractivity contribution in [1.29, 1.82) is 0 Å². The highest BCUT2D eigenvalue weighted by Gasteiger charge is 2.71. The summed E-state index contributed by atoms with van der Waals surface area (Å²) in [5, 5.41) is 0. The largest absolute Gasteiger partial charge is 0.467 e. The quantitative estimate of drug-likeness (QED) is 0.383. The minimum absolute atomic E-state index is 0.0415. The van der Waals surface area contributed by atoms with E-state index in [2.05, 4.69) is 0 Å². The lowest BCUT2D eigenvalue weighted by atomic mass is 9.77. The minimum Gasteiger partial charge on any atom is -0.467 e. The van der Waals surface area contributed by atoms with Crippen LogP contribution in [0.25, 0.3) is 0 Å². The first kappa shape index (κ1) is 18.6. The maximum Gasteiger partial charge on any atom is 0.343 e. The fraction of sp³-hybridized carbons (Fsp3) is 0.667. The van der Waals surface area contributed by atoms with Crippen molar-refractivity contribution < 1.29 is 33.4 Å². The zero-order valence-corrected chi connectivity index (χ0v) is 15.3. The topological polar surface area (TPSA) is 99.2 Å². The van der Waals surface area contributed by atoms with Gasteiger partial charge < -0.3 is 14.2 Å². The van der Waals surface area contributed by atoms with Gasteiger partial charge in [-0.15, -0.1) is 0 Å². The first-order valence-corrected chi connectivity index (χ1v) is 8.67. The lowest BCUT2D eigenvalue weighted by Gasteiger charge is -2.26. The van der Waals surface area contributed by atoms with Crippen LogP contribution in [0.3, 0.4) is 0 Å². The van der Waals surface area contributed by atoms with E-state index >= 15 is 0 Å². The first-order chi connectivity index (χ1) is 12.2. The van der Waals surface area contributed by atoms with Gasteiger partial charge in [0.1, 0.15) is 6.61 Å². The molecule has 8 nitrogen and oxygen atoms in total. The monoisotopic (exact) mass is 365 g/mol. The Morgan fingerprint density at radius 3 is 2.62 bits per heavy atom. The fourth-order valence-electron chi connectivity index (χ4n) is 3.64. The number of imide groups is 1. The van der Waals surface area contributed by atoms with E-state index < -0.39 is 46.7 Å². The maximum absolute atomic E-state index is 12.8. The minimum atomic E-state index is -1.54. The number of fused-ring (bicyclic) bond motifs is 5. The highest BCUT2D eigenvalue weighted by Crippen LogP contribution is 2.52. The van der Waals surface area contributed by atoms with E-state index in [4.69, 9.17) is 14.2 Å². The van der Waals surface area contributed by atoms with Gasteiger partial charge in [-0.1, -0.05) is 13.0 Å². The second-order valence-electron chi connectivity index (χ2n) is 7.43. The van der Waals surface area contributed by atoms with Crippen molar-refractivity contribution >= 4 is 23.8 Å². The van der Waals surface area contributed by atoms with Crippen LogP contribution in [0.4, 0.5) is 0 Å². The maximum atomic E-state index is 12.8. The molecule has 142 valence electrons. The highest BCUT2D eigenvalue weighted by atomic mass is 16.6. The van der Waals surface area contributed by atoms with Crippen LogP contribution < -0.4 is 0 Å². The van der Waals surface area contributed by atoms with Crippen molar-refractivity contribution in [1.82, 2.24) is 4.90 Å². The molecule has 3 aliphatic heterocycles. The van der Waals surface area contributed by atoms with Crippen molar-refractivity contribution in [3.05, 3.63) is 12.2 Å². The number of hydrogen-bond acceptors (Lipinski definition) is 7. The van der Waals surface area contributed by atoms with Gasteiger partial charge in [0, 0.05) is 0 Å². The van der Waals surface area contributed by atoms with Crippen molar-refractivity contribution in [3.63, 3.8) is 0 Å². The lowest BCUT2D eigenvalue weighted by molar-refractivity contribution is -0.166. The number of likely N-dealkylation sites (tertiary alicyclic amines) is 1. The van der Waals surface area contributed by atoms with Crippen LogP contribution >= 0.6 is 0 Å². The summed E-state index contributed by atoms with van der Waals surface area (Å²) in [4.78, 5) is 50.7. The van der Waals surface area contributed by atoms with Gasteiger partial charge in [0.15, 0.2) is 5.60 Å². The van der Waals surface area contributed by atoms with Gasteiger partial charge in [-0.2, -0.15) is 0 Å². The summed E-state index contributed by atoms with van der Waals surface area (Å²) < 4.78 is 15.6. The molecule has 26 heavy (non-hydrogen) atoms. The molecule has 3 heterocycles. The zero-order chi connectivity index (χ0) is 19.3. The number of rotatable bonds is 6. The SMILES string of the molecule is CCC(C)(C)C(=O)OCCN1C(=O)C2C3C=CC(C(=O)OC)(O3)C2C1=O.